The van der Waals surface area contributed by atoms with Gasteiger partial charge in [0, 0.05) is 24.7 Å². The van der Waals surface area contributed by atoms with Crippen LogP contribution < -0.4 is 10.1 Å². The Bertz CT molecular complexity index is 501. The lowest BCUT2D eigenvalue weighted by Gasteiger charge is -2.35. The maximum Gasteiger partial charge on any atom is 0.322 e. The molecule has 1 N–H and O–H groups in total. The fourth-order valence-electron chi connectivity index (χ4n) is 3.15. The highest BCUT2D eigenvalue weighted by Crippen LogP contribution is 2.28. The Labute approximate surface area is 120 Å². The van der Waals surface area contributed by atoms with Gasteiger partial charge in [0.05, 0.1) is 6.61 Å². The molecule has 1 unspecified atom stereocenters. The third-order valence-corrected chi connectivity index (χ3v) is 4.30. The second kappa shape index (κ2) is 5.73. The smallest absolute Gasteiger partial charge is 0.322 e. The number of hydrogen-bond donors (Lipinski definition) is 1. The van der Waals surface area contributed by atoms with E-state index in [-0.39, 0.29) is 6.03 Å². The van der Waals surface area contributed by atoms with Crippen molar-refractivity contribution in [2.75, 3.05) is 18.5 Å². The highest BCUT2D eigenvalue weighted by Gasteiger charge is 2.25. The van der Waals surface area contributed by atoms with E-state index in [2.05, 4.69) is 12.2 Å². The molecule has 4 nitrogen and oxygen atoms in total. The molecule has 0 radical (unpaired) electrons. The summed E-state index contributed by atoms with van der Waals surface area (Å²) in [6.07, 6.45) is 5.44. The van der Waals surface area contributed by atoms with Crippen molar-refractivity contribution in [2.45, 2.75) is 45.1 Å². The van der Waals surface area contributed by atoms with Gasteiger partial charge in [0.15, 0.2) is 0 Å². The van der Waals surface area contributed by atoms with Crippen LogP contribution >= 0.6 is 0 Å². The van der Waals surface area contributed by atoms with E-state index in [9.17, 15) is 4.79 Å². The first-order valence-electron chi connectivity index (χ1n) is 7.61. The molecular formula is C16H22N2O2. The Morgan fingerprint density at radius 1 is 1.45 bits per heavy atom. The molecule has 0 aliphatic carbocycles. The molecule has 4 heteroatoms. The number of nitrogens with one attached hydrogen (secondary N) is 1. The molecular weight excluding hydrogens is 252 g/mol. The molecule has 1 saturated heterocycles. The summed E-state index contributed by atoms with van der Waals surface area (Å²) in [6, 6.07) is 6.33. The first kappa shape index (κ1) is 13.3. The first-order chi connectivity index (χ1) is 9.78. The minimum absolute atomic E-state index is 0.0374. The zero-order valence-electron chi connectivity index (χ0n) is 12.0. The highest BCUT2D eigenvalue weighted by molar-refractivity contribution is 5.89. The minimum atomic E-state index is 0.0374. The monoisotopic (exact) mass is 274 g/mol. The van der Waals surface area contributed by atoms with Crippen LogP contribution in [0.25, 0.3) is 0 Å². The summed E-state index contributed by atoms with van der Waals surface area (Å²) in [7, 11) is 0. The van der Waals surface area contributed by atoms with Gasteiger partial charge >= 0.3 is 6.03 Å². The second-order valence-electron chi connectivity index (χ2n) is 5.60. The predicted molar refractivity (Wildman–Crippen MR) is 79.3 cm³/mol. The Morgan fingerprint density at radius 2 is 2.35 bits per heavy atom. The Morgan fingerprint density at radius 3 is 3.20 bits per heavy atom. The van der Waals surface area contributed by atoms with E-state index in [0.29, 0.717) is 6.04 Å². The topological polar surface area (TPSA) is 41.6 Å². The van der Waals surface area contributed by atoms with Gasteiger partial charge in [-0.2, -0.15) is 0 Å². The van der Waals surface area contributed by atoms with Crippen molar-refractivity contribution in [3.8, 4) is 5.75 Å². The summed E-state index contributed by atoms with van der Waals surface area (Å²) in [5, 5.41) is 3.04. The number of hydrogen-bond acceptors (Lipinski definition) is 2. The summed E-state index contributed by atoms with van der Waals surface area (Å²) in [5.41, 5.74) is 2.06. The molecule has 1 fully saturated rings. The van der Waals surface area contributed by atoms with Crippen LogP contribution in [0.15, 0.2) is 18.2 Å². The number of piperidine rings is 1. The van der Waals surface area contributed by atoms with Gasteiger partial charge in [0.2, 0.25) is 0 Å². The van der Waals surface area contributed by atoms with Crippen LogP contribution in [0.3, 0.4) is 0 Å². The summed E-state index contributed by atoms with van der Waals surface area (Å²) in [6.45, 7) is 3.78. The van der Waals surface area contributed by atoms with Crippen LogP contribution in [0.5, 0.6) is 5.75 Å². The molecule has 0 saturated carbocycles. The number of urea groups is 1. The lowest BCUT2D eigenvalue weighted by Crippen LogP contribution is -2.45. The number of rotatable bonds is 2. The normalized spacial score (nSPS) is 21.2. The fraction of sp³-hybridized carbons (Fsp3) is 0.562. The molecule has 108 valence electrons. The summed E-state index contributed by atoms with van der Waals surface area (Å²) >= 11 is 0. The van der Waals surface area contributed by atoms with Gasteiger partial charge in [-0.1, -0.05) is 6.92 Å². The number of nitrogens with zero attached hydrogens (tertiary/aromatic N) is 1. The van der Waals surface area contributed by atoms with Gasteiger partial charge in [-0.15, -0.1) is 0 Å². The van der Waals surface area contributed by atoms with Crippen molar-refractivity contribution in [3.05, 3.63) is 23.8 Å². The molecule has 0 bridgehead atoms. The van der Waals surface area contributed by atoms with E-state index in [4.69, 9.17) is 4.74 Å². The number of carbonyl (C=O) groups is 1. The van der Waals surface area contributed by atoms with Crippen LogP contribution in [0.1, 0.15) is 38.2 Å². The number of anilines is 1. The van der Waals surface area contributed by atoms with Crippen LogP contribution in [-0.2, 0) is 6.42 Å². The molecule has 2 amide bonds. The van der Waals surface area contributed by atoms with Gasteiger partial charge in [0.1, 0.15) is 5.75 Å². The van der Waals surface area contributed by atoms with Gasteiger partial charge in [-0.25, -0.2) is 4.79 Å². The van der Waals surface area contributed by atoms with Gasteiger partial charge in [-0.3, -0.25) is 0 Å². The molecule has 1 aromatic rings. The fourth-order valence-corrected chi connectivity index (χ4v) is 3.15. The van der Waals surface area contributed by atoms with Crippen molar-refractivity contribution in [1.82, 2.24) is 4.90 Å². The number of likely N-dealkylation sites (tertiary alicyclic amines) is 1. The Hall–Kier alpha value is -1.71. The lowest BCUT2D eigenvalue weighted by atomic mass is 10.0. The summed E-state index contributed by atoms with van der Waals surface area (Å²) < 4.78 is 5.49. The molecule has 20 heavy (non-hydrogen) atoms. The van der Waals surface area contributed by atoms with E-state index in [0.717, 1.165) is 50.3 Å². The van der Waals surface area contributed by atoms with Crippen molar-refractivity contribution >= 4 is 11.7 Å². The van der Waals surface area contributed by atoms with Gasteiger partial charge in [0.25, 0.3) is 0 Å². The molecule has 2 heterocycles. The molecule has 1 atom stereocenters. The maximum atomic E-state index is 12.4. The molecule has 2 aliphatic rings. The second-order valence-corrected chi connectivity index (χ2v) is 5.60. The summed E-state index contributed by atoms with van der Waals surface area (Å²) in [5.74, 6) is 0.951. The van der Waals surface area contributed by atoms with Gasteiger partial charge in [-0.05, 0) is 49.4 Å². The molecule has 1 aromatic carbocycles. The van der Waals surface area contributed by atoms with Crippen LogP contribution in [0, 0.1) is 0 Å². The SMILES string of the molecule is CCC1CCCCN1C(=O)Nc1ccc2c(c1)CCO2. The maximum absolute atomic E-state index is 12.4. The average molecular weight is 274 g/mol. The zero-order valence-corrected chi connectivity index (χ0v) is 12.0. The number of carbonyl (C=O) groups excluding carboxylic acids is 1. The third-order valence-electron chi connectivity index (χ3n) is 4.30. The van der Waals surface area contributed by atoms with Crippen molar-refractivity contribution in [2.24, 2.45) is 0 Å². The number of benzene rings is 1. The number of fused-ring (bicyclic) bond motifs is 1. The third kappa shape index (κ3) is 2.60. The van der Waals surface area contributed by atoms with E-state index in [1.54, 1.807) is 0 Å². The number of ether oxygens (including phenoxy) is 1. The van der Waals surface area contributed by atoms with Crippen molar-refractivity contribution in [3.63, 3.8) is 0 Å². The van der Waals surface area contributed by atoms with E-state index >= 15 is 0 Å². The van der Waals surface area contributed by atoms with E-state index in [1.807, 2.05) is 23.1 Å². The van der Waals surface area contributed by atoms with Crippen molar-refractivity contribution in [1.29, 1.82) is 0 Å². The van der Waals surface area contributed by atoms with Crippen LogP contribution in [0.4, 0.5) is 10.5 Å². The largest absolute Gasteiger partial charge is 0.493 e. The Kier molecular flexibility index (Phi) is 3.81. The van der Waals surface area contributed by atoms with Crippen LogP contribution in [-0.4, -0.2) is 30.1 Å². The van der Waals surface area contributed by atoms with Crippen LogP contribution in [0.2, 0.25) is 0 Å². The molecule has 3 rings (SSSR count). The first-order valence-corrected chi connectivity index (χ1v) is 7.61. The predicted octanol–water partition coefficient (Wildman–Crippen LogP) is 3.42. The molecule has 2 aliphatic heterocycles. The lowest BCUT2D eigenvalue weighted by molar-refractivity contribution is 0.160. The molecule has 0 spiro atoms. The minimum Gasteiger partial charge on any atom is -0.493 e. The summed E-state index contributed by atoms with van der Waals surface area (Å²) in [4.78, 5) is 14.4. The van der Waals surface area contributed by atoms with E-state index in [1.165, 1.54) is 12.0 Å². The quantitative estimate of drug-likeness (QED) is 0.897. The average Bonchev–Trinajstić information content (AvgIpc) is 2.94. The van der Waals surface area contributed by atoms with Gasteiger partial charge < -0.3 is 15.0 Å². The highest BCUT2D eigenvalue weighted by atomic mass is 16.5. The number of amides is 2. The zero-order chi connectivity index (χ0) is 13.9. The standard InChI is InChI=1S/C16H22N2O2/c1-2-14-5-3-4-9-18(14)16(19)17-13-6-7-15-12(11-13)8-10-20-15/h6-7,11,14H,2-5,8-10H2,1H3,(H,17,19). The molecule has 0 aromatic heterocycles. The van der Waals surface area contributed by atoms with Crippen molar-refractivity contribution < 1.29 is 9.53 Å². The van der Waals surface area contributed by atoms with E-state index < -0.39 is 0 Å². The Balaban J connectivity index is 1.69.